The molecule has 0 radical (unpaired) electrons. The van der Waals surface area contributed by atoms with E-state index in [0.29, 0.717) is 11.5 Å². The van der Waals surface area contributed by atoms with Crippen molar-refractivity contribution in [1.82, 2.24) is 0 Å². The topological polar surface area (TPSA) is 26.3 Å². The molecule has 2 heterocycles. The van der Waals surface area contributed by atoms with Crippen LogP contribution in [0.15, 0.2) is 29.2 Å². The van der Waals surface area contributed by atoms with E-state index in [0.717, 1.165) is 31.6 Å². The van der Waals surface area contributed by atoms with Gasteiger partial charge in [-0.15, -0.1) is 11.8 Å². The first kappa shape index (κ1) is 15.4. The number of hydrogen-bond donors (Lipinski definition) is 0. The minimum Gasteiger partial charge on any atom is -0.374 e. The maximum atomic E-state index is 12.5. The van der Waals surface area contributed by atoms with Crippen molar-refractivity contribution in [3.05, 3.63) is 29.8 Å². The van der Waals surface area contributed by atoms with E-state index in [1.54, 1.807) is 11.8 Å². The summed E-state index contributed by atoms with van der Waals surface area (Å²) in [4.78, 5) is 13.8. The lowest BCUT2D eigenvalue weighted by Gasteiger charge is -2.37. The fourth-order valence-electron chi connectivity index (χ4n) is 3.15. The van der Waals surface area contributed by atoms with Crippen LogP contribution in [0, 0.1) is 12.8 Å². The van der Waals surface area contributed by atoms with Gasteiger partial charge in [-0.1, -0.05) is 18.2 Å². The second kappa shape index (κ2) is 6.76. The summed E-state index contributed by atoms with van der Waals surface area (Å²) in [7, 11) is 0. The largest absolute Gasteiger partial charge is 0.374 e. The number of aryl methyl sites for hydroxylation is 1. The molecule has 0 N–H and O–H groups in total. The van der Waals surface area contributed by atoms with E-state index in [4.69, 9.17) is 4.74 Å². The Bertz CT molecular complexity index is 509. The normalized spacial score (nSPS) is 28.9. The third kappa shape index (κ3) is 3.66. The van der Waals surface area contributed by atoms with Crippen molar-refractivity contribution >= 4 is 29.3 Å². The van der Waals surface area contributed by atoms with Crippen LogP contribution in [0.1, 0.15) is 24.8 Å². The van der Waals surface area contributed by atoms with Crippen LogP contribution in [-0.4, -0.2) is 35.2 Å². The Morgan fingerprint density at radius 1 is 1.48 bits per heavy atom. The molecule has 0 aromatic heterocycles. The van der Waals surface area contributed by atoms with Gasteiger partial charge in [0.15, 0.2) is 0 Å². The molecular weight excluding hydrogens is 300 g/mol. The fraction of sp³-hybridized carbons (Fsp3) is 0.588. The van der Waals surface area contributed by atoms with Crippen molar-refractivity contribution in [2.45, 2.75) is 36.7 Å². The van der Waals surface area contributed by atoms with E-state index >= 15 is 0 Å². The van der Waals surface area contributed by atoms with Crippen molar-refractivity contribution < 1.29 is 9.53 Å². The number of Topliss-reactive ketones (excluding diaryl/α,β-unsaturated/α-hetero) is 1. The van der Waals surface area contributed by atoms with E-state index in [9.17, 15) is 4.79 Å². The summed E-state index contributed by atoms with van der Waals surface area (Å²) in [5.41, 5.74) is 1.27. The van der Waals surface area contributed by atoms with Gasteiger partial charge in [-0.25, -0.2) is 0 Å². The molecule has 1 aromatic carbocycles. The Balaban J connectivity index is 1.57. The lowest BCUT2D eigenvalue weighted by atomic mass is 9.83. The predicted octanol–water partition coefficient (Wildman–Crippen LogP) is 3.96. The van der Waals surface area contributed by atoms with Gasteiger partial charge in [0, 0.05) is 23.2 Å². The highest BCUT2D eigenvalue weighted by atomic mass is 32.2. The zero-order valence-corrected chi connectivity index (χ0v) is 14.1. The lowest BCUT2D eigenvalue weighted by molar-refractivity contribution is -0.131. The number of ketones is 1. The number of carbonyl (C=O) groups is 1. The van der Waals surface area contributed by atoms with E-state index < -0.39 is 0 Å². The summed E-state index contributed by atoms with van der Waals surface area (Å²) in [6, 6.07) is 8.29. The molecule has 2 fully saturated rings. The zero-order valence-electron chi connectivity index (χ0n) is 12.5. The second-order valence-electron chi connectivity index (χ2n) is 6.04. The van der Waals surface area contributed by atoms with Crippen molar-refractivity contribution in [3.63, 3.8) is 0 Å². The third-order valence-electron chi connectivity index (χ3n) is 4.48. The minimum absolute atomic E-state index is 0.0105. The fourth-order valence-corrected chi connectivity index (χ4v) is 5.53. The average molecular weight is 322 g/mol. The van der Waals surface area contributed by atoms with Gasteiger partial charge in [-0.2, -0.15) is 11.8 Å². The van der Waals surface area contributed by atoms with Gasteiger partial charge in [-0.3, -0.25) is 4.79 Å². The van der Waals surface area contributed by atoms with Crippen LogP contribution in [0.4, 0.5) is 0 Å². The van der Waals surface area contributed by atoms with Gasteiger partial charge in [-0.05, 0) is 43.6 Å². The van der Waals surface area contributed by atoms with E-state index in [-0.39, 0.29) is 11.5 Å². The monoisotopic (exact) mass is 322 g/mol. The summed E-state index contributed by atoms with van der Waals surface area (Å²) in [6.07, 6.45) is 2.96. The van der Waals surface area contributed by atoms with Crippen LogP contribution >= 0.6 is 23.5 Å². The summed E-state index contributed by atoms with van der Waals surface area (Å²) < 4.78 is 6.01. The van der Waals surface area contributed by atoms with Crippen LogP contribution in [-0.2, 0) is 9.53 Å². The molecule has 114 valence electrons. The van der Waals surface area contributed by atoms with Crippen molar-refractivity contribution in [2.24, 2.45) is 5.92 Å². The zero-order chi connectivity index (χ0) is 14.7. The Morgan fingerprint density at radius 2 is 2.33 bits per heavy atom. The first-order chi connectivity index (χ1) is 10.2. The molecule has 0 amide bonds. The first-order valence-electron chi connectivity index (χ1n) is 7.61. The molecule has 1 aromatic rings. The Hall–Kier alpha value is -0.450. The maximum Gasteiger partial charge on any atom is 0.146 e. The first-order valence-corrected chi connectivity index (χ1v) is 9.75. The highest BCUT2D eigenvalue weighted by Crippen LogP contribution is 2.41. The van der Waals surface area contributed by atoms with Crippen LogP contribution in [0.2, 0.25) is 0 Å². The molecule has 0 bridgehead atoms. The highest BCUT2D eigenvalue weighted by molar-refractivity contribution is 8.00. The van der Waals surface area contributed by atoms with Crippen molar-refractivity contribution in [1.29, 1.82) is 0 Å². The number of hydrogen-bond acceptors (Lipinski definition) is 4. The maximum absolute atomic E-state index is 12.5. The smallest absolute Gasteiger partial charge is 0.146 e. The Morgan fingerprint density at radius 3 is 3.10 bits per heavy atom. The molecule has 2 unspecified atom stereocenters. The number of thioether (sulfide) groups is 2. The highest BCUT2D eigenvalue weighted by Gasteiger charge is 2.42. The van der Waals surface area contributed by atoms with Gasteiger partial charge in [0.05, 0.1) is 11.4 Å². The molecule has 2 atom stereocenters. The predicted molar refractivity (Wildman–Crippen MR) is 90.3 cm³/mol. The molecule has 0 aliphatic carbocycles. The standard InChI is InChI=1S/C17H22O2S2/c1-13-4-2-3-5-16(13)21-11-15(18)14-6-8-19-17(10-14)7-9-20-12-17/h2-5,14H,6-12H2,1H3. The lowest BCUT2D eigenvalue weighted by Crippen LogP contribution is -2.42. The van der Waals surface area contributed by atoms with Gasteiger partial charge in [0.1, 0.15) is 5.78 Å². The number of carbonyl (C=O) groups excluding carboxylic acids is 1. The van der Waals surface area contributed by atoms with Crippen LogP contribution in [0.5, 0.6) is 0 Å². The third-order valence-corrected chi connectivity index (χ3v) is 6.90. The summed E-state index contributed by atoms with van der Waals surface area (Å²) in [5.74, 6) is 3.45. The van der Waals surface area contributed by atoms with Gasteiger partial charge >= 0.3 is 0 Å². The molecule has 2 saturated heterocycles. The molecule has 2 aliphatic heterocycles. The molecule has 3 rings (SSSR count). The van der Waals surface area contributed by atoms with Gasteiger partial charge in [0.2, 0.25) is 0 Å². The summed E-state index contributed by atoms with van der Waals surface area (Å²) >= 11 is 3.65. The SMILES string of the molecule is Cc1ccccc1SCC(=O)C1CCOC2(CCSC2)C1. The van der Waals surface area contributed by atoms with Crippen LogP contribution in [0.3, 0.4) is 0 Å². The number of ether oxygens (including phenoxy) is 1. The van der Waals surface area contributed by atoms with E-state index in [1.165, 1.54) is 16.2 Å². The van der Waals surface area contributed by atoms with Gasteiger partial charge < -0.3 is 4.74 Å². The Kier molecular flexibility index (Phi) is 4.97. The van der Waals surface area contributed by atoms with Crippen LogP contribution in [0.25, 0.3) is 0 Å². The quantitative estimate of drug-likeness (QED) is 0.784. The molecular formula is C17H22O2S2. The van der Waals surface area contributed by atoms with Crippen LogP contribution < -0.4 is 0 Å². The molecule has 1 spiro atoms. The molecule has 0 saturated carbocycles. The summed E-state index contributed by atoms with van der Waals surface area (Å²) in [5, 5.41) is 0. The number of rotatable bonds is 4. The Labute approximate surface area is 135 Å². The molecule has 21 heavy (non-hydrogen) atoms. The number of benzene rings is 1. The molecule has 4 heteroatoms. The molecule has 2 aliphatic rings. The van der Waals surface area contributed by atoms with E-state index in [1.807, 2.05) is 23.9 Å². The minimum atomic E-state index is 0.0105. The van der Waals surface area contributed by atoms with E-state index in [2.05, 4.69) is 19.1 Å². The van der Waals surface area contributed by atoms with Gasteiger partial charge in [0.25, 0.3) is 0 Å². The second-order valence-corrected chi connectivity index (χ2v) is 8.17. The van der Waals surface area contributed by atoms with Crippen molar-refractivity contribution in [3.8, 4) is 0 Å². The average Bonchev–Trinajstić information content (AvgIpc) is 2.94. The van der Waals surface area contributed by atoms with Crippen molar-refractivity contribution in [2.75, 3.05) is 23.9 Å². The summed E-state index contributed by atoms with van der Waals surface area (Å²) in [6.45, 7) is 2.86. The molecule has 2 nitrogen and oxygen atoms in total.